The standard InChI is InChI=1S/C18H33N3O3/c1-6-11-23-21-15(2,3)12-18(13-16(21,4)5)20-14(22)17(24-18)7-9-19-10-8-17/h19H,6-13H2,1-5H3,(H,20,22). The number of amides is 1. The summed E-state index contributed by atoms with van der Waals surface area (Å²) in [4.78, 5) is 18.9. The molecule has 0 saturated carbocycles. The monoisotopic (exact) mass is 339 g/mol. The first-order valence-electron chi connectivity index (χ1n) is 9.32. The largest absolute Gasteiger partial charge is 0.339 e. The van der Waals surface area contributed by atoms with Crippen molar-refractivity contribution in [2.45, 2.75) is 89.1 Å². The van der Waals surface area contributed by atoms with Gasteiger partial charge in [-0.3, -0.25) is 9.63 Å². The van der Waals surface area contributed by atoms with Crippen molar-refractivity contribution in [3.05, 3.63) is 0 Å². The smallest absolute Gasteiger partial charge is 0.254 e. The molecule has 1 amide bonds. The number of hydrogen-bond donors (Lipinski definition) is 2. The number of hydroxylamine groups is 2. The van der Waals surface area contributed by atoms with Crippen molar-refractivity contribution in [3.8, 4) is 0 Å². The van der Waals surface area contributed by atoms with Gasteiger partial charge < -0.3 is 15.4 Å². The molecular formula is C18H33N3O3. The first kappa shape index (κ1) is 18.1. The molecule has 0 aromatic rings. The Labute approximate surface area is 145 Å². The normalized spacial score (nSPS) is 30.6. The summed E-state index contributed by atoms with van der Waals surface area (Å²) in [6.07, 6.45) is 3.94. The van der Waals surface area contributed by atoms with Crippen LogP contribution < -0.4 is 10.6 Å². The number of rotatable bonds is 3. The highest BCUT2D eigenvalue weighted by Crippen LogP contribution is 2.49. The molecule has 0 aliphatic carbocycles. The van der Waals surface area contributed by atoms with Gasteiger partial charge in [0.2, 0.25) is 0 Å². The van der Waals surface area contributed by atoms with E-state index in [1.165, 1.54) is 0 Å². The van der Waals surface area contributed by atoms with Crippen LogP contribution in [0.25, 0.3) is 0 Å². The highest BCUT2D eigenvalue weighted by Gasteiger charge is 2.62. The van der Waals surface area contributed by atoms with E-state index >= 15 is 0 Å². The van der Waals surface area contributed by atoms with Crippen LogP contribution in [0.3, 0.4) is 0 Å². The number of carbonyl (C=O) groups is 1. The summed E-state index contributed by atoms with van der Waals surface area (Å²) >= 11 is 0. The highest BCUT2D eigenvalue weighted by atomic mass is 16.7. The molecule has 0 bridgehead atoms. The summed E-state index contributed by atoms with van der Waals surface area (Å²) in [5, 5.41) is 8.69. The molecule has 3 fully saturated rings. The fourth-order valence-electron chi connectivity index (χ4n) is 5.04. The highest BCUT2D eigenvalue weighted by molar-refractivity contribution is 5.88. The third kappa shape index (κ3) is 2.98. The van der Waals surface area contributed by atoms with Crippen molar-refractivity contribution < 1.29 is 14.4 Å². The minimum Gasteiger partial charge on any atom is -0.339 e. The lowest BCUT2D eigenvalue weighted by Gasteiger charge is -2.56. The topological polar surface area (TPSA) is 62.8 Å². The van der Waals surface area contributed by atoms with Gasteiger partial charge >= 0.3 is 0 Å². The zero-order valence-corrected chi connectivity index (χ0v) is 15.8. The van der Waals surface area contributed by atoms with Crippen LogP contribution in [0, 0.1) is 0 Å². The molecule has 0 aromatic carbocycles. The molecule has 0 unspecified atom stereocenters. The van der Waals surface area contributed by atoms with Gasteiger partial charge in [-0.2, -0.15) is 5.06 Å². The quantitative estimate of drug-likeness (QED) is 0.823. The number of nitrogens with zero attached hydrogens (tertiary/aromatic N) is 1. The molecule has 3 heterocycles. The molecule has 6 heteroatoms. The van der Waals surface area contributed by atoms with Crippen LogP contribution in [0.2, 0.25) is 0 Å². The van der Waals surface area contributed by atoms with Gasteiger partial charge in [0.25, 0.3) is 5.91 Å². The molecular weight excluding hydrogens is 306 g/mol. The summed E-state index contributed by atoms with van der Waals surface area (Å²) in [6.45, 7) is 13.2. The minimum absolute atomic E-state index is 0.0681. The van der Waals surface area contributed by atoms with Crippen molar-refractivity contribution in [1.29, 1.82) is 0 Å². The second-order valence-electron chi connectivity index (χ2n) is 8.90. The first-order valence-corrected chi connectivity index (χ1v) is 9.32. The predicted octanol–water partition coefficient (Wildman–Crippen LogP) is 1.95. The predicted molar refractivity (Wildman–Crippen MR) is 92.3 cm³/mol. The van der Waals surface area contributed by atoms with E-state index in [0.29, 0.717) is 6.61 Å². The molecule has 3 aliphatic rings. The summed E-state index contributed by atoms with van der Waals surface area (Å²) in [5.41, 5.74) is -1.68. The van der Waals surface area contributed by atoms with Gasteiger partial charge in [0.15, 0.2) is 5.60 Å². The summed E-state index contributed by atoms with van der Waals surface area (Å²) in [7, 11) is 0. The van der Waals surface area contributed by atoms with Crippen molar-refractivity contribution in [3.63, 3.8) is 0 Å². The van der Waals surface area contributed by atoms with Gasteiger partial charge in [0.1, 0.15) is 5.72 Å². The average Bonchev–Trinajstić information content (AvgIpc) is 2.68. The molecule has 138 valence electrons. The molecule has 6 nitrogen and oxygen atoms in total. The number of hydrogen-bond acceptors (Lipinski definition) is 5. The van der Waals surface area contributed by atoms with Gasteiger partial charge in [-0.25, -0.2) is 0 Å². The Morgan fingerprint density at radius 3 is 2.25 bits per heavy atom. The van der Waals surface area contributed by atoms with Crippen LogP contribution in [-0.4, -0.2) is 53.1 Å². The summed E-state index contributed by atoms with van der Waals surface area (Å²) in [5.74, 6) is 0.0681. The van der Waals surface area contributed by atoms with Crippen molar-refractivity contribution in [1.82, 2.24) is 15.7 Å². The lowest BCUT2D eigenvalue weighted by molar-refractivity contribution is -0.314. The maximum Gasteiger partial charge on any atom is 0.254 e. The summed E-state index contributed by atoms with van der Waals surface area (Å²) < 4.78 is 6.57. The van der Waals surface area contributed by atoms with E-state index in [0.717, 1.165) is 45.2 Å². The Morgan fingerprint density at radius 2 is 1.71 bits per heavy atom. The van der Waals surface area contributed by atoms with E-state index in [1.807, 2.05) is 0 Å². The third-order valence-corrected chi connectivity index (χ3v) is 5.52. The number of ether oxygens (including phenoxy) is 1. The van der Waals surface area contributed by atoms with E-state index in [1.54, 1.807) is 0 Å². The zero-order valence-electron chi connectivity index (χ0n) is 15.8. The molecule has 24 heavy (non-hydrogen) atoms. The minimum atomic E-state index is -0.649. The average molecular weight is 339 g/mol. The first-order chi connectivity index (χ1) is 11.1. The Kier molecular flexibility index (Phi) is 4.48. The molecule has 3 rings (SSSR count). The van der Waals surface area contributed by atoms with Gasteiger partial charge in [-0.05, 0) is 60.0 Å². The Bertz CT molecular complexity index is 480. The van der Waals surface area contributed by atoms with Gasteiger partial charge in [0.05, 0.1) is 6.61 Å². The van der Waals surface area contributed by atoms with Crippen molar-refractivity contribution in [2.24, 2.45) is 0 Å². The number of carbonyl (C=O) groups excluding carboxylic acids is 1. The van der Waals surface area contributed by atoms with E-state index in [2.05, 4.69) is 50.3 Å². The van der Waals surface area contributed by atoms with Crippen LogP contribution >= 0.6 is 0 Å². The van der Waals surface area contributed by atoms with Crippen LogP contribution in [-0.2, 0) is 14.4 Å². The summed E-state index contributed by atoms with van der Waals surface area (Å²) in [6, 6.07) is 0. The maximum atomic E-state index is 12.8. The Morgan fingerprint density at radius 1 is 1.12 bits per heavy atom. The van der Waals surface area contributed by atoms with E-state index < -0.39 is 11.3 Å². The van der Waals surface area contributed by atoms with Gasteiger partial charge in [-0.1, -0.05) is 6.92 Å². The lowest BCUT2D eigenvalue weighted by atomic mass is 9.76. The van der Waals surface area contributed by atoms with E-state index in [9.17, 15) is 4.79 Å². The number of piperidine rings is 2. The van der Waals surface area contributed by atoms with Gasteiger partial charge in [-0.15, -0.1) is 0 Å². The number of nitrogens with one attached hydrogen (secondary N) is 2. The Balaban J connectivity index is 1.85. The molecule has 2 N–H and O–H groups in total. The Hall–Kier alpha value is -0.690. The van der Waals surface area contributed by atoms with E-state index in [-0.39, 0.29) is 17.0 Å². The third-order valence-electron chi connectivity index (χ3n) is 5.52. The molecule has 0 radical (unpaired) electrons. The second kappa shape index (κ2) is 5.94. The molecule has 0 aromatic heterocycles. The molecule has 0 atom stereocenters. The zero-order chi connectivity index (χ0) is 17.6. The van der Waals surface area contributed by atoms with Crippen LogP contribution in [0.4, 0.5) is 0 Å². The fourth-order valence-corrected chi connectivity index (χ4v) is 5.04. The van der Waals surface area contributed by atoms with Crippen LogP contribution in [0.1, 0.15) is 66.7 Å². The molecule has 2 spiro atoms. The second-order valence-corrected chi connectivity index (χ2v) is 8.90. The maximum absolute atomic E-state index is 12.8. The van der Waals surface area contributed by atoms with Gasteiger partial charge in [0, 0.05) is 23.9 Å². The van der Waals surface area contributed by atoms with E-state index in [4.69, 9.17) is 9.57 Å². The van der Waals surface area contributed by atoms with Crippen molar-refractivity contribution >= 4 is 5.91 Å². The van der Waals surface area contributed by atoms with Crippen LogP contribution in [0.15, 0.2) is 0 Å². The SMILES string of the molecule is CCCON1C(C)(C)CC2(CC1(C)C)NC(=O)C1(CCNCC1)O2. The van der Waals surface area contributed by atoms with Crippen molar-refractivity contribution in [2.75, 3.05) is 19.7 Å². The fraction of sp³-hybridized carbons (Fsp3) is 0.944. The van der Waals surface area contributed by atoms with Crippen LogP contribution in [0.5, 0.6) is 0 Å². The lowest BCUT2D eigenvalue weighted by Crippen LogP contribution is -2.68. The molecule has 3 aliphatic heterocycles. The molecule has 3 saturated heterocycles.